The molecule has 0 aliphatic heterocycles. The average Bonchev–Trinajstić information content (AvgIpc) is 1.81. The minimum atomic E-state index is -0.137. The van der Waals surface area contributed by atoms with E-state index in [9.17, 15) is 0 Å². The summed E-state index contributed by atoms with van der Waals surface area (Å²) in [6.07, 6.45) is 0. The molecule has 3 heteroatoms. The Labute approximate surface area is 81.8 Å². The molecule has 0 spiro atoms. The molecule has 0 atom stereocenters. The lowest BCUT2D eigenvalue weighted by Crippen LogP contribution is -2.33. The van der Waals surface area contributed by atoms with Gasteiger partial charge in [0, 0.05) is 6.54 Å². The van der Waals surface area contributed by atoms with Crippen LogP contribution in [0.4, 0.5) is 0 Å². The second kappa shape index (κ2) is 4.94. The van der Waals surface area contributed by atoms with Gasteiger partial charge in [-0.1, -0.05) is 0 Å². The highest BCUT2D eigenvalue weighted by atomic mass is 16.7. The van der Waals surface area contributed by atoms with Crippen molar-refractivity contribution in [3.8, 4) is 0 Å². The van der Waals surface area contributed by atoms with Crippen molar-refractivity contribution in [2.24, 2.45) is 0 Å². The van der Waals surface area contributed by atoms with Crippen LogP contribution in [0.1, 0.15) is 41.5 Å². The molecule has 0 bridgehead atoms. The molecule has 0 aromatic rings. The lowest BCUT2D eigenvalue weighted by molar-refractivity contribution is -0.0881. The molecular formula is C10H23NO2. The molecule has 0 aromatic carbocycles. The van der Waals surface area contributed by atoms with Gasteiger partial charge in [-0.3, -0.25) is 4.84 Å². The van der Waals surface area contributed by atoms with E-state index in [4.69, 9.17) is 9.57 Å². The molecule has 80 valence electrons. The Morgan fingerprint density at radius 2 is 1.46 bits per heavy atom. The highest BCUT2D eigenvalue weighted by Crippen LogP contribution is 2.06. The van der Waals surface area contributed by atoms with Gasteiger partial charge in [0.05, 0.1) is 17.8 Å². The third-order valence-electron chi connectivity index (χ3n) is 1.12. The van der Waals surface area contributed by atoms with Crippen molar-refractivity contribution in [3.63, 3.8) is 0 Å². The maximum atomic E-state index is 5.50. The van der Waals surface area contributed by atoms with Gasteiger partial charge in [0.15, 0.2) is 0 Å². The smallest absolute Gasteiger partial charge is 0.0812 e. The summed E-state index contributed by atoms with van der Waals surface area (Å²) in [6.45, 7) is 13.5. The zero-order valence-electron chi connectivity index (χ0n) is 9.73. The van der Waals surface area contributed by atoms with Crippen LogP contribution in [0.5, 0.6) is 0 Å². The van der Waals surface area contributed by atoms with E-state index in [0.29, 0.717) is 13.2 Å². The van der Waals surface area contributed by atoms with Crippen molar-refractivity contribution in [2.75, 3.05) is 13.2 Å². The van der Waals surface area contributed by atoms with Crippen LogP contribution < -0.4 is 5.48 Å². The summed E-state index contributed by atoms with van der Waals surface area (Å²) in [6, 6.07) is 0. The summed E-state index contributed by atoms with van der Waals surface area (Å²) in [7, 11) is 0. The van der Waals surface area contributed by atoms with Crippen LogP contribution in [-0.2, 0) is 9.57 Å². The van der Waals surface area contributed by atoms with E-state index in [1.165, 1.54) is 0 Å². The predicted octanol–water partition coefficient (Wildman–Crippen LogP) is 2.12. The second-order valence-electron chi connectivity index (χ2n) is 5.07. The van der Waals surface area contributed by atoms with Crippen LogP contribution in [0.2, 0.25) is 0 Å². The van der Waals surface area contributed by atoms with Crippen molar-refractivity contribution in [1.82, 2.24) is 5.48 Å². The number of hydrogen-bond donors (Lipinski definition) is 1. The quantitative estimate of drug-likeness (QED) is 0.543. The molecule has 13 heavy (non-hydrogen) atoms. The Kier molecular flexibility index (Phi) is 4.89. The van der Waals surface area contributed by atoms with Gasteiger partial charge in [-0.15, -0.1) is 0 Å². The van der Waals surface area contributed by atoms with Crippen LogP contribution in [-0.4, -0.2) is 24.4 Å². The van der Waals surface area contributed by atoms with Crippen LogP contribution >= 0.6 is 0 Å². The zero-order chi connectivity index (χ0) is 10.5. The largest absolute Gasteiger partial charge is 0.374 e. The number of hydrogen-bond acceptors (Lipinski definition) is 3. The van der Waals surface area contributed by atoms with Crippen LogP contribution in [0.3, 0.4) is 0 Å². The summed E-state index contributed by atoms with van der Waals surface area (Å²) < 4.78 is 5.50. The van der Waals surface area contributed by atoms with Gasteiger partial charge < -0.3 is 4.74 Å². The highest BCUT2D eigenvalue weighted by Gasteiger charge is 2.11. The van der Waals surface area contributed by atoms with E-state index >= 15 is 0 Å². The number of nitrogens with one attached hydrogen (secondary N) is 1. The predicted molar refractivity (Wildman–Crippen MR) is 54.5 cm³/mol. The van der Waals surface area contributed by atoms with Crippen molar-refractivity contribution in [2.45, 2.75) is 52.7 Å². The van der Waals surface area contributed by atoms with E-state index in [0.717, 1.165) is 0 Å². The normalized spacial score (nSPS) is 13.4. The molecule has 0 saturated carbocycles. The van der Waals surface area contributed by atoms with Crippen LogP contribution in [0.15, 0.2) is 0 Å². The summed E-state index contributed by atoms with van der Waals surface area (Å²) in [5.74, 6) is 0. The summed E-state index contributed by atoms with van der Waals surface area (Å²) in [4.78, 5) is 5.31. The van der Waals surface area contributed by atoms with Gasteiger partial charge >= 0.3 is 0 Å². The van der Waals surface area contributed by atoms with E-state index in [1.54, 1.807) is 0 Å². The fraction of sp³-hybridized carbons (Fsp3) is 1.00. The summed E-state index contributed by atoms with van der Waals surface area (Å²) >= 11 is 0. The molecule has 0 fully saturated rings. The minimum absolute atomic E-state index is 0.0661. The fourth-order valence-electron chi connectivity index (χ4n) is 0.666. The van der Waals surface area contributed by atoms with Gasteiger partial charge in [-0.25, -0.2) is 0 Å². The van der Waals surface area contributed by atoms with E-state index in [1.807, 2.05) is 41.5 Å². The van der Waals surface area contributed by atoms with E-state index < -0.39 is 0 Å². The van der Waals surface area contributed by atoms with Gasteiger partial charge in [0.1, 0.15) is 0 Å². The van der Waals surface area contributed by atoms with Crippen molar-refractivity contribution in [3.05, 3.63) is 0 Å². The average molecular weight is 189 g/mol. The number of rotatable bonds is 4. The molecule has 0 radical (unpaired) electrons. The molecule has 0 aromatic heterocycles. The van der Waals surface area contributed by atoms with Gasteiger partial charge in [0.25, 0.3) is 0 Å². The van der Waals surface area contributed by atoms with Gasteiger partial charge in [-0.05, 0) is 41.5 Å². The third kappa shape index (κ3) is 11.9. The van der Waals surface area contributed by atoms with Crippen LogP contribution in [0.25, 0.3) is 0 Å². The van der Waals surface area contributed by atoms with Crippen molar-refractivity contribution < 1.29 is 9.57 Å². The lowest BCUT2D eigenvalue weighted by atomic mass is 10.2. The number of ether oxygens (including phenoxy) is 1. The standard InChI is InChI=1S/C10H23NO2/c1-9(2,3)12-8-7-11-13-10(4,5)6/h11H,7-8H2,1-6H3. The maximum absolute atomic E-state index is 5.50. The Balaban J connectivity index is 3.28. The molecule has 3 nitrogen and oxygen atoms in total. The minimum Gasteiger partial charge on any atom is -0.374 e. The van der Waals surface area contributed by atoms with E-state index in [2.05, 4.69) is 5.48 Å². The molecular weight excluding hydrogens is 166 g/mol. The number of hydroxylamine groups is 1. The first-order valence-corrected chi connectivity index (χ1v) is 4.75. The molecule has 0 heterocycles. The SMILES string of the molecule is CC(C)(C)OCCNOC(C)(C)C. The monoisotopic (exact) mass is 189 g/mol. The summed E-state index contributed by atoms with van der Waals surface area (Å²) in [5.41, 5.74) is 2.67. The Morgan fingerprint density at radius 3 is 1.85 bits per heavy atom. The lowest BCUT2D eigenvalue weighted by Gasteiger charge is -2.22. The second-order valence-corrected chi connectivity index (χ2v) is 5.07. The topological polar surface area (TPSA) is 30.5 Å². The first kappa shape index (κ1) is 12.9. The Bertz CT molecular complexity index is 117. The Morgan fingerprint density at radius 1 is 0.923 bits per heavy atom. The maximum Gasteiger partial charge on any atom is 0.0812 e. The van der Waals surface area contributed by atoms with Crippen molar-refractivity contribution >= 4 is 0 Å². The third-order valence-corrected chi connectivity index (χ3v) is 1.12. The summed E-state index contributed by atoms with van der Waals surface area (Å²) in [5, 5.41) is 0. The fourth-order valence-corrected chi connectivity index (χ4v) is 0.666. The Hall–Kier alpha value is -0.120. The van der Waals surface area contributed by atoms with Gasteiger partial charge in [-0.2, -0.15) is 5.48 Å². The molecule has 0 rings (SSSR count). The first-order chi connectivity index (χ1) is 5.71. The molecule has 0 aliphatic carbocycles. The van der Waals surface area contributed by atoms with Crippen LogP contribution in [0, 0.1) is 0 Å². The molecule has 1 N–H and O–H groups in total. The molecule has 0 unspecified atom stereocenters. The molecule has 0 aliphatic rings. The zero-order valence-corrected chi connectivity index (χ0v) is 9.73. The van der Waals surface area contributed by atoms with E-state index in [-0.39, 0.29) is 11.2 Å². The molecule has 0 saturated heterocycles. The first-order valence-electron chi connectivity index (χ1n) is 4.75. The highest BCUT2D eigenvalue weighted by molar-refractivity contribution is 4.59. The van der Waals surface area contributed by atoms with Crippen molar-refractivity contribution in [1.29, 1.82) is 0 Å². The van der Waals surface area contributed by atoms with Gasteiger partial charge in [0.2, 0.25) is 0 Å². The molecule has 0 amide bonds.